The van der Waals surface area contributed by atoms with Gasteiger partial charge in [0.05, 0.1) is 6.61 Å². The number of nitrogens with zero attached hydrogens (tertiary/aromatic N) is 1. The SMILES string of the molecule is CC.CCOC(=O)/C(C)=N\OC. The Morgan fingerprint density at radius 1 is 1.42 bits per heavy atom. The Kier molecular flexibility index (Phi) is 11.2. The van der Waals surface area contributed by atoms with Gasteiger partial charge in [0, 0.05) is 0 Å². The van der Waals surface area contributed by atoms with E-state index in [1.54, 1.807) is 6.92 Å². The number of hydrogen-bond acceptors (Lipinski definition) is 4. The van der Waals surface area contributed by atoms with E-state index in [9.17, 15) is 4.79 Å². The van der Waals surface area contributed by atoms with E-state index in [0.29, 0.717) is 6.61 Å². The van der Waals surface area contributed by atoms with Crippen molar-refractivity contribution >= 4 is 11.7 Å². The summed E-state index contributed by atoms with van der Waals surface area (Å²) in [5.74, 6) is -0.440. The molecule has 0 radical (unpaired) electrons. The normalized spacial score (nSPS) is 9.58. The maximum Gasteiger partial charge on any atom is 0.355 e. The van der Waals surface area contributed by atoms with Crippen LogP contribution in [0.4, 0.5) is 0 Å². The molecular formula is C8H17NO3. The smallest absolute Gasteiger partial charge is 0.355 e. The molecule has 72 valence electrons. The molecular weight excluding hydrogens is 158 g/mol. The van der Waals surface area contributed by atoms with Crippen molar-refractivity contribution in [1.82, 2.24) is 0 Å². The molecule has 0 spiro atoms. The van der Waals surface area contributed by atoms with Gasteiger partial charge in [-0.15, -0.1) is 0 Å². The van der Waals surface area contributed by atoms with Gasteiger partial charge in [-0.05, 0) is 13.8 Å². The van der Waals surface area contributed by atoms with Crippen LogP contribution in [0.3, 0.4) is 0 Å². The second kappa shape index (κ2) is 9.94. The fraction of sp³-hybridized carbons (Fsp3) is 0.750. The molecule has 0 aromatic rings. The van der Waals surface area contributed by atoms with Crippen LogP contribution in [0.25, 0.3) is 0 Å². The Morgan fingerprint density at radius 3 is 2.25 bits per heavy atom. The molecule has 0 bridgehead atoms. The van der Waals surface area contributed by atoms with E-state index in [2.05, 4.69) is 14.7 Å². The quantitative estimate of drug-likeness (QED) is 0.372. The van der Waals surface area contributed by atoms with Gasteiger partial charge >= 0.3 is 5.97 Å². The van der Waals surface area contributed by atoms with Crippen LogP contribution in [0, 0.1) is 0 Å². The molecule has 0 fully saturated rings. The zero-order chi connectivity index (χ0) is 9.98. The minimum absolute atomic E-state index is 0.226. The minimum Gasteiger partial charge on any atom is -0.461 e. The summed E-state index contributed by atoms with van der Waals surface area (Å²) in [6.07, 6.45) is 0. The van der Waals surface area contributed by atoms with E-state index in [-0.39, 0.29) is 5.71 Å². The number of carbonyl (C=O) groups is 1. The summed E-state index contributed by atoms with van der Waals surface area (Å²) < 4.78 is 4.61. The lowest BCUT2D eigenvalue weighted by Gasteiger charge is -1.98. The maximum absolute atomic E-state index is 10.7. The van der Waals surface area contributed by atoms with E-state index in [1.807, 2.05) is 13.8 Å². The molecule has 4 heteroatoms. The van der Waals surface area contributed by atoms with Crippen LogP contribution in [0.2, 0.25) is 0 Å². The Morgan fingerprint density at radius 2 is 1.92 bits per heavy atom. The van der Waals surface area contributed by atoms with Gasteiger partial charge in [0.25, 0.3) is 0 Å². The number of rotatable bonds is 3. The van der Waals surface area contributed by atoms with Crippen LogP contribution in [-0.2, 0) is 14.4 Å². The van der Waals surface area contributed by atoms with Gasteiger partial charge in [-0.1, -0.05) is 19.0 Å². The zero-order valence-electron chi connectivity index (χ0n) is 8.38. The number of hydrogen-bond donors (Lipinski definition) is 0. The predicted octanol–water partition coefficient (Wildman–Crippen LogP) is 1.60. The van der Waals surface area contributed by atoms with Crippen molar-refractivity contribution < 1.29 is 14.4 Å². The Bertz CT molecular complexity index is 143. The summed E-state index contributed by atoms with van der Waals surface area (Å²) in [6, 6.07) is 0. The number of ether oxygens (including phenoxy) is 1. The highest BCUT2D eigenvalue weighted by molar-refractivity contribution is 6.35. The second-order valence-electron chi connectivity index (χ2n) is 1.58. The van der Waals surface area contributed by atoms with E-state index in [4.69, 9.17) is 0 Å². The van der Waals surface area contributed by atoms with E-state index in [1.165, 1.54) is 14.0 Å². The summed E-state index contributed by atoms with van der Waals surface area (Å²) >= 11 is 0. The third-order valence-corrected chi connectivity index (χ3v) is 0.799. The van der Waals surface area contributed by atoms with Gasteiger partial charge in [-0.25, -0.2) is 4.79 Å². The monoisotopic (exact) mass is 175 g/mol. The van der Waals surface area contributed by atoms with Gasteiger partial charge < -0.3 is 9.57 Å². The van der Waals surface area contributed by atoms with Crippen LogP contribution in [0.1, 0.15) is 27.7 Å². The Balaban J connectivity index is 0. The van der Waals surface area contributed by atoms with Gasteiger partial charge in [-0.3, -0.25) is 0 Å². The summed E-state index contributed by atoms with van der Waals surface area (Å²) in [4.78, 5) is 15.1. The van der Waals surface area contributed by atoms with Crippen molar-refractivity contribution in [3.05, 3.63) is 0 Å². The molecule has 0 aliphatic rings. The molecule has 0 rings (SSSR count). The van der Waals surface area contributed by atoms with Gasteiger partial charge in [0.2, 0.25) is 0 Å². The van der Waals surface area contributed by atoms with Crippen molar-refractivity contribution in [2.75, 3.05) is 13.7 Å². The fourth-order valence-corrected chi connectivity index (χ4v) is 0.410. The van der Waals surface area contributed by atoms with Gasteiger partial charge in [0.1, 0.15) is 7.11 Å². The molecule has 0 aromatic heterocycles. The lowest BCUT2D eigenvalue weighted by Crippen LogP contribution is -2.14. The van der Waals surface area contributed by atoms with Crippen molar-refractivity contribution in [2.45, 2.75) is 27.7 Å². The highest BCUT2D eigenvalue weighted by atomic mass is 16.6. The van der Waals surface area contributed by atoms with Crippen LogP contribution in [-0.4, -0.2) is 25.4 Å². The first-order chi connectivity index (χ1) is 5.72. The average Bonchev–Trinajstić information content (AvgIpc) is 2.09. The Hall–Kier alpha value is -1.06. The molecule has 12 heavy (non-hydrogen) atoms. The molecule has 4 nitrogen and oxygen atoms in total. The first kappa shape index (κ1) is 13.5. The summed E-state index contributed by atoms with van der Waals surface area (Å²) in [6.45, 7) is 7.62. The van der Waals surface area contributed by atoms with Crippen LogP contribution in [0.5, 0.6) is 0 Å². The molecule has 0 unspecified atom stereocenters. The lowest BCUT2D eigenvalue weighted by molar-refractivity contribution is -0.135. The molecule has 0 atom stereocenters. The third kappa shape index (κ3) is 7.05. The van der Waals surface area contributed by atoms with Crippen LogP contribution >= 0.6 is 0 Å². The van der Waals surface area contributed by atoms with Crippen molar-refractivity contribution in [2.24, 2.45) is 5.16 Å². The Labute approximate surface area is 73.5 Å². The fourth-order valence-electron chi connectivity index (χ4n) is 0.410. The van der Waals surface area contributed by atoms with Crippen LogP contribution < -0.4 is 0 Å². The molecule has 0 heterocycles. The van der Waals surface area contributed by atoms with E-state index in [0.717, 1.165) is 0 Å². The standard InChI is InChI=1S/C6H11NO3.C2H6/c1-4-10-6(8)5(2)7-9-3;1-2/h4H2,1-3H3;1-2H3/b7-5-;. The largest absolute Gasteiger partial charge is 0.461 e. The summed E-state index contributed by atoms with van der Waals surface area (Å²) in [5, 5.41) is 3.39. The number of carbonyl (C=O) groups excluding carboxylic acids is 1. The third-order valence-electron chi connectivity index (χ3n) is 0.799. The van der Waals surface area contributed by atoms with Crippen LogP contribution in [0.15, 0.2) is 5.16 Å². The number of oxime groups is 1. The molecule has 0 aliphatic carbocycles. The highest BCUT2D eigenvalue weighted by Crippen LogP contribution is 1.83. The lowest BCUT2D eigenvalue weighted by atomic mass is 10.4. The molecule has 0 aromatic carbocycles. The van der Waals surface area contributed by atoms with E-state index < -0.39 is 5.97 Å². The summed E-state index contributed by atoms with van der Waals surface area (Å²) in [5.41, 5.74) is 0.226. The van der Waals surface area contributed by atoms with Crippen molar-refractivity contribution in [3.8, 4) is 0 Å². The first-order valence-electron chi connectivity index (χ1n) is 3.97. The van der Waals surface area contributed by atoms with Crippen molar-refractivity contribution in [1.29, 1.82) is 0 Å². The molecule has 0 N–H and O–H groups in total. The van der Waals surface area contributed by atoms with Gasteiger partial charge in [-0.2, -0.15) is 0 Å². The maximum atomic E-state index is 10.7. The minimum atomic E-state index is -0.440. The predicted molar refractivity (Wildman–Crippen MR) is 48.1 cm³/mol. The zero-order valence-corrected chi connectivity index (χ0v) is 8.38. The molecule has 0 saturated heterocycles. The topological polar surface area (TPSA) is 47.9 Å². The van der Waals surface area contributed by atoms with Gasteiger partial charge in [0.15, 0.2) is 5.71 Å². The summed E-state index contributed by atoms with van der Waals surface area (Å²) in [7, 11) is 1.38. The molecule has 0 aliphatic heterocycles. The van der Waals surface area contributed by atoms with E-state index >= 15 is 0 Å². The number of esters is 1. The average molecular weight is 175 g/mol. The first-order valence-corrected chi connectivity index (χ1v) is 3.97. The second-order valence-corrected chi connectivity index (χ2v) is 1.58. The highest BCUT2D eigenvalue weighted by Gasteiger charge is 2.05. The van der Waals surface area contributed by atoms with Crippen molar-refractivity contribution in [3.63, 3.8) is 0 Å². The molecule has 0 saturated carbocycles. The molecule has 0 amide bonds.